The number of ether oxygens (including phenoxy) is 4. The van der Waals surface area contributed by atoms with Crippen molar-refractivity contribution in [2.24, 2.45) is 4.99 Å². The van der Waals surface area contributed by atoms with Crippen LogP contribution in [0.2, 0.25) is 0 Å². The van der Waals surface area contributed by atoms with Crippen LogP contribution in [0, 0.1) is 0 Å². The third-order valence-electron chi connectivity index (χ3n) is 6.50. The van der Waals surface area contributed by atoms with E-state index in [2.05, 4.69) is 0 Å². The van der Waals surface area contributed by atoms with Crippen molar-refractivity contribution in [3.8, 4) is 17.2 Å². The van der Waals surface area contributed by atoms with Crippen molar-refractivity contribution in [2.45, 2.75) is 13.0 Å². The molecule has 0 amide bonds. The fourth-order valence-corrected chi connectivity index (χ4v) is 5.70. The summed E-state index contributed by atoms with van der Waals surface area (Å²) < 4.78 is 23.8. The number of esters is 1. The summed E-state index contributed by atoms with van der Waals surface area (Å²) in [5, 5.41) is 0. The number of hydrogen-bond acceptors (Lipinski definition) is 8. The van der Waals surface area contributed by atoms with Gasteiger partial charge in [-0.2, -0.15) is 0 Å². The highest BCUT2D eigenvalue weighted by atomic mass is 32.1. The number of fused-ring (bicyclic) bond motifs is 2. The van der Waals surface area contributed by atoms with Crippen LogP contribution in [0.1, 0.15) is 29.7 Å². The summed E-state index contributed by atoms with van der Waals surface area (Å²) in [6.07, 6.45) is 1.80. The number of carbonyl (C=O) groups excluding carboxylic acids is 1. The van der Waals surface area contributed by atoms with Crippen molar-refractivity contribution < 1.29 is 23.7 Å². The summed E-state index contributed by atoms with van der Waals surface area (Å²) in [5.74, 6) is 1.44. The molecule has 1 atom stereocenters. The molecule has 2 aliphatic heterocycles. The molecule has 0 bridgehead atoms. The Morgan fingerprint density at radius 2 is 1.85 bits per heavy atom. The predicted molar refractivity (Wildman–Crippen MR) is 147 cm³/mol. The van der Waals surface area contributed by atoms with E-state index in [9.17, 15) is 9.59 Å². The standard InChI is InChI=1S/C30H24N2O6S/c1-3-36-29(34)25-26(19-7-5-4-6-8-19)31-30-32(27(25)20-10-12-21(35-2)13-11-20)28(33)24(39-30)16-18-9-14-22-23(15-18)38-17-37-22/h4-16,27H,3,17H2,1-2H3. The van der Waals surface area contributed by atoms with Gasteiger partial charge >= 0.3 is 5.97 Å². The maximum atomic E-state index is 14.0. The fourth-order valence-electron chi connectivity index (χ4n) is 4.70. The molecule has 0 fully saturated rings. The summed E-state index contributed by atoms with van der Waals surface area (Å²) in [4.78, 5) is 32.8. The third-order valence-corrected chi connectivity index (χ3v) is 7.48. The molecule has 39 heavy (non-hydrogen) atoms. The molecule has 2 aliphatic rings. The summed E-state index contributed by atoms with van der Waals surface area (Å²) in [5.41, 5.74) is 2.80. The highest BCUT2D eigenvalue weighted by Gasteiger charge is 2.35. The first-order chi connectivity index (χ1) is 19.1. The number of benzene rings is 3. The van der Waals surface area contributed by atoms with Gasteiger partial charge in [0.1, 0.15) is 5.75 Å². The SMILES string of the molecule is CCOC(=O)C1=C(c2ccccc2)N=c2sc(=Cc3ccc4c(c3)OCO4)c(=O)n2C1c1ccc(OC)cc1. The predicted octanol–water partition coefficient (Wildman–Crippen LogP) is 3.67. The molecule has 8 nitrogen and oxygen atoms in total. The molecule has 9 heteroatoms. The molecule has 3 heterocycles. The normalized spacial score (nSPS) is 16.1. The Balaban J connectivity index is 1.61. The lowest BCUT2D eigenvalue weighted by Crippen LogP contribution is -2.40. The van der Waals surface area contributed by atoms with Gasteiger partial charge in [-0.3, -0.25) is 9.36 Å². The number of aromatic nitrogens is 1. The van der Waals surface area contributed by atoms with E-state index < -0.39 is 12.0 Å². The Morgan fingerprint density at radius 3 is 2.59 bits per heavy atom. The van der Waals surface area contributed by atoms with Crippen LogP contribution in [-0.4, -0.2) is 31.0 Å². The van der Waals surface area contributed by atoms with Crippen LogP contribution in [0.15, 0.2) is 88.2 Å². The van der Waals surface area contributed by atoms with Gasteiger partial charge in [-0.1, -0.05) is 59.9 Å². The first-order valence-electron chi connectivity index (χ1n) is 12.4. The second kappa shape index (κ2) is 10.3. The van der Waals surface area contributed by atoms with E-state index in [0.29, 0.717) is 37.9 Å². The van der Waals surface area contributed by atoms with E-state index in [1.54, 1.807) is 24.7 Å². The molecule has 4 aromatic rings. The van der Waals surface area contributed by atoms with E-state index in [1.807, 2.05) is 72.8 Å². The zero-order valence-electron chi connectivity index (χ0n) is 21.2. The minimum atomic E-state index is -0.750. The number of thiazole rings is 1. The Bertz CT molecular complexity index is 1770. The minimum Gasteiger partial charge on any atom is -0.497 e. The number of nitrogens with zero attached hydrogens (tertiary/aromatic N) is 2. The van der Waals surface area contributed by atoms with Crippen LogP contribution in [0.5, 0.6) is 17.2 Å². The van der Waals surface area contributed by atoms with Crippen molar-refractivity contribution in [3.63, 3.8) is 0 Å². The molecule has 0 radical (unpaired) electrons. The average molecular weight is 541 g/mol. The monoisotopic (exact) mass is 540 g/mol. The van der Waals surface area contributed by atoms with Crippen LogP contribution >= 0.6 is 11.3 Å². The molecule has 1 unspecified atom stereocenters. The van der Waals surface area contributed by atoms with E-state index in [0.717, 1.165) is 16.7 Å². The molecule has 0 aliphatic carbocycles. The summed E-state index contributed by atoms with van der Waals surface area (Å²) in [6.45, 7) is 2.11. The van der Waals surface area contributed by atoms with Crippen molar-refractivity contribution in [3.05, 3.63) is 115 Å². The smallest absolute Gasteiger partial charge is 0.338 e. The molecule has 0 N–H and O–H groups in total. The van der Waals surface area contributed by atoms with Gasteiger partial charge in [0.05, 0.1) is 35.6 Å². The van der Waals surface area contributed by atoms with Gasteiger partial charge in [0.25, 0.3) is 5.56 Å². The third kappa shape index (κ3) is 4.51. The van der Waals surface area contributed by atoms with E-state index in [-0.39, 0.29) is 19.0 Å². The first-order valence-corrected chi connectivity index (χ1v) is 13.2. The zero-order chi connectivity index (χ0) is 26.9. The second-order valence-corrected chi connectivity index (χ2v) is 9.83. The molecule has 0 saturated carbocycles. The average Bonchev–Trinajstić information content (AvgIpc) is 3.56. The first kappa shape index (κ1) is 24.7. The fraction of sp³-hybridized carbons (Fsp3) is 0.167. The van der Waals surface area contributed by atoms with Crippen molar-refractivity contribution in [1.29, 1.82) is 0 Å². The molecule has 1 aromatic heterocycles. The molecular weight excluding hydrogens is 516 g/mol. The number of hydrogen-bond donors (Lipinski definition) is 0. The molecule has 6 rings (SSSR count). The van der Waals surface area contributed by atoms with E-state index in [1.165, 1.54) is 11.3 Å². The number of rotatable bonds is 6. The van der Waals surface area contributed by atoms with E-state index in [4.69, 9.17) is 23.9 Å². The lowest BCUT2D eigenvalue weighted by Gasteiger charge is -2.26. The van der Waals surface area contributed by atoms with Gasteiger partial charge < -0.3 is 18.9 Å². The minimum absolute atomic E-state index is 0.168. The second-order valence-electron chi connectivity index (χ2n) is 8.82. The van der Waals surface area contributed by atoms with Crippen molar-refractivity contribution in [2.75, 3.05) is 20.5 Å². The highest BCUT2D eigenvalue weighted by Crippen LogP contribution is 2.36. The van der Waals surface area contributed by atoms with Gasteiger partial charge in [0.2, 0.25) is 6.79 Å². The van der Waals surface area contributed by atoms with Crippen LogP contribution < -0.4 is 29.1 Å². The maximum absolute atomic E-state index is 14.0. The number of methoxy groups -OCH3 is 1. The van der Waals surface area contributed by atoms with Crippen LogP contribution in [0.25, 0.3) is 11.8 Å². The van der Waals surface area contributed by atoms with Crippen LogP contribution in [-0.2, 0) is 9.53 Å². The maximum Gasteiger partial charge on any atom is 0.338 e. The summed E-state index contributed by atoms with van der Waals surface area (Å²) >= 11 is 1.27. The summed E-state index contributed by atoms with van der Waals surface area (Å²) in [7, 11) is 1.59. The summed E-state index contributed by atoms with van der Waals surface area (Å²) in [6, 6.07) is 21.6. The van der Waals surface area contributed by atoms with Crippen LogP contribution in [0.4, 0.5) is 0 Å². The van der Waals surface area contributed by atoms with Gasteiger partial charge in [-0.25, -0.2) is 9.79 Å². The Morgan fingerprint density at radius 1 is 1.08 bits per heavy atom. The molecule has 3 aromatic carbocycles. The lowest BCUT2D eigenvalue weighted by atomic mass is 9.93. The topological polar surface area (TPSA) is 88.4 Å². The quantitative estimate of drug-likeness (QED) is 0.347. The van der Waals surface area contributed by atoms with Crippen molar-refractivity contribution >= 4 is 29.1 Å². The van der Waals surface area contributed by atoms with Gasteiger partial charge in [-0.15, -0.1) is 0 Å². The zero-order valence-corrected chi connectivity index (χ0v) is 22.1. The lowest BCUT2D eigenvalue weighted by molar-refractivity contribution is -0.138. The van der Waals surface area contributed by atoms with Crippen molar-refractivity contribution in [1.82, 2.24) is 4.57 Å². The van der Waals surface area contributed by atoms with Gasteiger partial charge in [0, 0.05) is 5.56 Å². The highest BCUT2D eigenvalue weighted by molar-refractivity contribution is 7.07. The Hall–Kier alpha value is -4.63. The Labute approximate surface area is 227 Å². The van der Waals surface area contributed by atoms with Crippen LogP contribution in [0.3, 0.4) is 0 Å². The van der Waals surface area contributed by atoms with E-state index >= 15 is 0 Å². The molecule has 0 spiro atoms. The Kier molecular flexibility index (Phi) is 6.50. The largest absolute Gasteiger partial charge is 0.497 e. The van der Waals surface area contributed by atoms with Gasteiger partial charge in [0.15, 0.2) is 16.3 Å². The molecular formula is C30H24N2O6S. The molecule has 196 valence electrons. The van der Waals surface area contributed by atoms with Gasteiger partial charge in [-0.05, 0) is 48.4 Å². The molecule has 0 saturated heterocycles. The number of carbonyl (C=O) groups is 1.